The molecule has 0 radical (unpaired) electrons. The molecular weight excluding hydrogens is 262 g/mol. The molecule has 0 aromatic carbocycles. The average Bonchev–Trinajstić information content (AvgIpc) is 2.54. The molecule has 0 aliphatic heterocycles. The second kappa shape index (κ2) is 7.55. The molecule has 1 saturated carbocycles. The van der Waals surface area contributed by atoms with Crippen LogP contribution in [0.3, 0.4) is 0 Å². The van der Waals surface area contributed by atoms with E-state index in [4.69, 9.17) is 0 Å². The Kier molecular flexibility index (Phi) is 5.74. The molecule has 1 aliphatic carbocycles. The highest BCUT2D eigenvalue weighted by molar-refractivity contribution is 5.77. The van der Waals surface area contributed by atoms with Gasteiger partial charge >= 0.3 is 0 Å². The van der Waals surface area contributed by atoms with Gasteiger partial charge in [-0.05, 0) is 32.0 Å². The van der Waals surface area contributed by atoms with E-state index in [-0.39, 0.29) is 11.4 Å². The molecule has 2 rings (SSSR count). The van der Waals surface area contributed by atoms with Gasteiger partial charge in [0.1, 0.15) is 0 Å². The lowest BCUT2D eigenvalue weighted by Gasteiger charge is -2.37. The fraction of sp³-hybridized carbons (Fsp3) is 0.647. The van der Waals surface area contributed by atoms with Crippen LogP contribution in [-0.4, -0.2) is 42.0 Å². The summed E-state index contributed by atoms with van der Waals surface area (Å²) in [5.74, 6) is 0.238. The van der Waals surface area contributed by atoms with Gasteiger partial charge in [0.05, 0.1) is 0 Å². The highest BCUT2D eigenvalue weighted by atomic mass is 16.2. The van der Waals surface area contributed by atoms with Crippen molar-refractivity contribution in [3.63, 3.8) is 0 Å². The van der Waals surface area contributed by atoms with Gasteiger partial charge < -0.3 is 10.2 Å². The van der Waals surface area contributed by atoms with E-state index in [0.717, 1.165) is 31.5 Å². The summed E-state index contributed by atoms with van der Waals surface area (Å²) < 4.78 is 0. The Labute approximate surface area is 127 Å². The van der Waals surface area contributed by atoms with Crippen LogP contribution >= 0.6 is 0 Å². The molecule has 1 aliphatic rings. The number of rotatable bonds is 6. The number of aromatic nitrogens is 1. The average molecular weight is 289 g/mol. The molecule has 1 N–H and O–H groups in total. The first-order valence-corrected chi connectivity index (χ1v) is 7.98. The SMILES string of the molecule is CNC1(CC(=O)N(C)CCc2ccccn2)CCCCC1. The lowest BCUT2D eigenvalue weighted by atomic mass is 9.79. The van der Waals surface area contributed by atoms with Gasteiger partial charge in [0.15, 0.2) is 0 Å². The van der Waals surface area contributed by atoms with Crippen LogP contribution in [0.4, 0.5) is 0 Å². The van der Waals surface area contributed by atoms with Gasteiger partial charge in [-0.25, -0.2) is 0 Å². The van der Waals surface area contributed by atoms with Gasteiger partial charge in [0, 0.05) is 43.9 Å². The molecule has 1 amide bonds. The molecule has 1 fully saturated rings. The lowest BCUT2D eigenvalue weighted by Crippen LogP contribution is -2.48. The smallest absolute Gasteiger partial charge is 0.224 e. The lowest BCUT2D eigenvalue weighted by molar-refractivity contribution is -0.131. The molecule has 0 atom stereocenters. The van der Waals surface area contributed by atoms with Gasteiger partial charge in [-0.3, -0.25) is 9.78 Å². The first-order valence-electron chi connectivity index (χ1n) is 7.98. The summed E-state index contributed by atoms with van der Waals surface area (Å²) in [5.41, 5.74) is 1.06. The molecule has 0 unspecified atom stereocenters. The van der Waals surface area contributed by atoms with Crippen molar-refractivity contribution in [1.29, 1.82) is 0 Å². The van der Waals surface area contributed by atoms with Crippen molar-refractivity contribution in [1.82, 2.24) is 15.2 Å². The third-order valence-corrected chi connectivity index (χ3v) is 4.69. The monoisotopic (exact) mass is 289 g/mol. The van der Waals surface area contributed by atoms with Crippen LogP contribution in [0.15, 0.2) is 24.4 Å². The number of carbonyl (C=O) groups excluding carboxylic acids is 1. The third-order valence-electron chi connectivity index (χ3n) is 4.69. The molecule has 1 aromatic rings. The number of likely N-dealkylation sites (N-methyl/N-ethyl adjacent to an activating group) is 1. The molecule has 116 valence electrons. The minimum Gasteiger partial charge on any atom is -0.345 e. The minimum atomic E-state index is 0.0224. The molecule has 0 saturated heterocycles. The molecule has 1 heterocycles. The zero-order chi connectivity index (χ0) is 15.1. The highest BCUT2D eigenvalue weighted by Crippen LogP contribution is 2.31. The third kappa shape index (κ3) is 4.53. The molecule has 1 aromatic heterocycles. The molecule has 0 bridgehead atoms. The Morgan fingerprint density at radius 1 is 1.33 bits per heavy atom. The maximum absolute atomic E-state index is 12.5. The number of pyridine rings is 1. The standard InChI is InChI=1S/C17H27N3O/c1-18-17(10-5-3-6-11-17)14-16(21)20(2)13-9-15-8-4-7-12-19-15/h4,7-8,12,18H,3,5-6,9-11,13-14H2,1-2H3. The first-order chi connectivity index (χ1) is 10.2. The Morgan fingerprint density at radius 2 is 2.10 bits per heavy atom. The maximum Gasteiger partial charge on any atom is 0.224 e. The van der Waals surface area contributed by atoms with Crippen LogP contribution in [0.5, 0.6) is 0 Å². The summed E-state index contributed by atoms with van der Waals surface area (Å²) in [4.78, 5) is 18.6. The summed E-state index contributed by atoms with van der Waals surface area (Å²) >= 11 is 0. The van der Waals surface area contributed by atoms with Crippen molar-refractivity contribution >= 4 is 5.91 Å². The van der Waals surface area contributed by atoms with Gasteiger partial charge in [0.2, 0.25) is 5.91 Å². The number of nitrogens with one attached hydrogen (secondary N) is 1. The Morgan fingerprint density at radius 3 is 2.71 bits per heavy atom. The van der Waals surface area contributed by atoms with Crippen LogP contribution < -0.4 is 5.32 Å². The predicted octanol–water partition coefficient (Wildman–Crippen LogP) is 2.39. The first kappa shape index (κ1) is 16.0. The number of hydrogen-bond acceptors (Lipinski definition) is 3. The molecule has 4 nitrogen and oxygen atoms in total. The Bertz CT molecular complexity index is 441. The van der Waals surface area contributed by atoms with Crippen LogP contribution in [-0.2, 0) is 11.2 Å². The van der Waals surface area contributed by atoms with E-state index in [2.05, 4.69) is 10.3 Å². The Balaban J connectivity index is 1.84. The van der Waals surface area contributed by atoms with Crippen molar-refractivity contribution < 1.29 is 4.79 Å². The van der Waals surface area contributed by atoms with E-state index in [1.807, 2.05) is 37.2 Å². The van der Waals surface area contributed by atoms with Gasteiger partial charge in [0.25, 0.3) is 0 Å². The van der Waals surface area contributed by atoms with Crippen LogP contribution in [0.25, 0.3) is 0 Å². The second-order valence-electron chi connectivity index (χ2n) is 6.15. The fourth-order valence-electron chi connectivity index (χ4n) is 3.12. The summed E-state index contributed by atoms with van der Waals surface area (Å²) in [5, 5.41) is 3.42. The fourth-order valence-corrected chi connectivity index (χ4v) is 3.12. The zero-order valence-corrected chi connectivity index (χ0v) is 13.3. The van der Waals surface area contributed by atoms with Gasteiger partial charge in [-0.1, -0.05) is 25.3 Å². The Hall–Kier alpha value is -1.42. The van der Waals surface area contributed by atoms with Crippen molar-refractivity contribution in [3.05, 3.63) is 30.1 Å². The summed E-state index contributed by atoms with van der Waals surface area (Å²) in [6, 6.07) is 5.91. The normalized spacial score (nSPS) is 17.4. The van der Waals surface area contributed by atoms with Crippen LogP contribution in [0, 0.1) is 0 Å². The van der Waals surface area contributed by atoms with E-state index in [1.165, 1.54) is 19.3 Å². The molecule has 4 heteroatoms. The number of carbonyl (C=O) groups is 1. The number of amides is 1. The number of hydrogen-bond donors (Lipinski definition) is 1. The van der Waals surface area contributed by atoms with E-state index in [0.29, 0.717) is 6.42 Å². The molecule has 21 heavy (non-hydrogen) atoms. The largest absolute Gasteiger partial charge is 0.345 e. The van der Waals surface area contributed by atoms with Gasteiger partial charge in [-0.15, -0.1) is 0 Å². The van der Waals surface area contributed by atoms with E-state index < -0.39 is 0 Å². The van der Waals surface area contributed by atoms with Crippen LogP contribution in [0.1, 0.15) is 44.2 Å². The maximum atomic E-state index is 12.5. The van der Waals surface area contributed by atoms with Crippen molar-refractivity contribution in [3.8, 4) is 0 Å². The molecule has 0 spiro atoms. The quantitative estimate of drug-likeness (QED) is 0.874. The van der Waals surface area contributed by atoms with Crippen molar-refractivity contribution in [2.45, 2.75) is 50.5 Å². The second-order valence-corrected chi connectivity index (χ2v) is 6.15. The topological polar surface area (TPSA) is 45.2 Å². The van der Waals surface area contributed by atoms with E-state index in [9.17, 15) is 4.79 Å². The minimum absolute atomic E-state index is 0.0224. The van der Waals surface area contributed by atoms with E-state index >= 15 is 0 Å². The zero-order valence-electron chi connectivity index (χ0n) is 13.3. The highest BCUT2D eigenvalue weighted by Gasteiger charge is 2.33. The summed E-state index contributed by atoms with van der Waals surface area (Å²) in [6.45, 7) is 0.732. The predicted molar refractivity (Wildman–Crippen MR) is 85.1 cm³/mol. The van der Waals surface area contributed by atoms with Gasteiger partial charge in [-0.2, -0.15) is 0 Å². The van der Waals surface area contributed by atoms with Crippen LogP contribution in [0.2, 0.25) is 0 Å². The summed E-state index contributed by atoms with van der Waals surface area (Å²) in [6.07, 6.45) is 9.21. The molecular formula is C17H27N3O. The summed E-state index contributed by atoms with van der Waals surface area (Å²) in [7, 11) is 3.89. The van der Waals surface area contributed by atoms with E-state index in [1.54, 1.807) is 6.20 Å². The number of nitrogens with zero attached hydrogens (tertiary/aromatic N) is 2. The van der Waals surface area contributed by atoms with Crippen molar-refractivity contribution in [2.75, 3.05) is 20.6 Å². The van der Waals surface area contributed by atoms with Crippen molar-refractivity contribution in [2.24, 2.45) is 0 Å².